The fourth-order valence-electron chi connectivity index (χ4n) is 3.68. The highest BCUT2D eigenvalue weighted by molar-refractivity contribution is 7.99. The Morgan fingerprint density at radius 1 is 1.30 bits per heavy atom. The SMILES string of the molecule is Cc1cc(C)c2c(=O)[nH]c(SCC(=O)N[C@H](C)c3ccc4c(c3)CCCO4)nc2n1. The summed E-state index contributed by atoms with van der Waals surface area (Å²) in [6.45, 7) is 6.45. The number of aryl methyl sites for hydroxylation is 3. The first-order valence-corrected chi connectivity index (χ1v) is 11.0. The van der Waals surface area contributed by atoms with Crippen molar-refractivity contribution in [1.82, 2.24) is 20.3 Å². The van der Waals surface area contributed by atoms with Gasteiger partial charge in [-0.3, -0.25) is 9.59 Å². The number of carbonyl (C=O) groups excluding carboxylic acids is 1. The number of pyridine rings is 1. The van der Waals surface area contributed by atoms with Crippen LogP contribution in [0.2, 0.25) is 0 Å². The highest BCUT2D eigenvalue weighted by Crippen LogP contribution is 2.28. The minimum absolute atomic E-state index is 0.124. The van der Waals surface area contributed by atoms with E-state index in [1.165, 1.54) is 17.3 Å². The number of H-pyrrole nitrogens is 1. The highest BCUT2D eigenvalue weighted by Gasteiger charge is 2.16. The molecule has 0 aliphatic carbocycles. The largest absolute Gasteiger partial charge is 0.493 e. The number of nitrogens with zero attached hydrogens (tertiary/aromatic N) is 2. The van der Waals surface area contributed by atoms with Gasteiger partial charge in [-0.05, 0) is 62.4 Å². The van der Waals surface area contributed by atoms with E-state index in [1.807, 2.05) is 39.0 Å². The van der Waals surface area contributed by atoms with Gasteiger partial charge in [-0.1, -0.05) is 23.9 Å². The number of ether oxygens (including phenoxy) is 1. The number of aromatic amines is 1. The molecule has 0 unspecified atom stereocenters. The van der Waals surface area contributed by atoms with Crippen molar-refractivity contribution in [1.29, 1.82) is 0 Å². The molecule has 8 heteroatoms. The molecule has 2 aromatic heterocycles. The van der Waals surface area contributed by atoms with E-state index in [4.69, 9.17) is 4.74 Å². The van der Waals surface area contributed by atoms with Crippen LogP contribution >= 0.6 is 11.8 Å². The summed E-state index contributed by atoms with van der Waals surface area (Å²) in [4.78, 5) is 36.4. The van der Waals surface area contributed by atoms with E-state index < -0.39 is 0 Å². The predicted molar refractivity (Wildman–Crippen MR) is 117 cm³/mol. The maximum absolute atomic E-state index is 12.5. The Balaban J connectivity index is 1.42. The number of thioether (sulfide) groups is 1. The van der Waals surface area contributed by atoms with Gasteiger partial charge >= 0.3 is 0 Å². The molecule has 0 saturated carbocycles. The topological polar surface area (TPSA) is 97.0 Å². The van der Waals surface area contributed by atoms with Crippen LogP contribution in [0.3, 0.4) is 0 Å². The molecular weight excluding hydrogens is 400 g/mol. The minimum Gasteiger partial charge on any atom is -0.493 e. The van der Waals surface area contributed by atoms with Crippen LogP contribution in [0, 0.1) is 13.8 Å². The highest BCUT2D eigenvalue weighted by atomic mass is 32.2. The van der Waals surface area contributed by atoms with Crippen LogP contribution in [0.5, 0.6) is 5.75 Å². The molecule has 1 atom stereocenters. The van der Waals surface area contributed by atoms with Crippen LogP contribution in [0.1, 0.15) is 41.8 Å². The number of hydrogen-bond donors (Lipinski definition) is 2. The zero-order valence-corrected chi connectivity index (χ0v) is 18.1. The number of rotatable bonds is 5. The molecule has 0 spiro atoms. The van der Waals surface area contributed by atoms with Gasteiger partial charge < -0.3 is 15.0 Å². The Bertz CT molecular complexity index is 1170. The van der Waals surface area contributed by atoms with Gasteiger partial charge in [0.05, 0.1) is 23.8 Å². The molecule has 30 heavy (non-hydrogen) atoms. The lowest BCUT2D eigenvalue weighted by molar-refractivity contribution is -0.119. The molecule has 7 nitrogen and oxygen atoms in total. The van der Waals surface area contributed by atoms with Crippen LogP contribution in [-0.2, 0) is 11.2 Å². The molecule has 3 aromatic rings. The number of nitrogens with one attached hydrogen (secondary N) is 2. The number of carbonyl (C=O) groups is 1. The second kappa shape index (κ2) is 8.47. The fraction of sp³-hybridized carbons (Fsp3) is 0.364. The lowest BCUT2D eigenvalue weighted by Gasteiger charge is -2.20. The molecule has 1 amide bonds. The van der Waals surface area contributed by atoms with Gasteiger partial charge in [0.25, 0.3) is 5.56 Å². The van der Waals surface area contributed by atoms with Crippen LogP contribution in [-0.4, -0.2) is 33.2 Å². The van der Waals surface area contributed by atoms with Gasteiger partial charge in [-0.15, -0.1) is 0 Å². The van der Waals surface area contributed by atoms with Crippen LogP contribution in [0.4, 0.5) is 0 Å². The summed E-state index contributed by atoms with van der Waals surface area (Å²) in [6, 6.07) is 7.79. The quantitative estimate of drug-likeness (QED) is 0.482. The second-order valence-corrected chi connectivity index (χ2v) is 8.51. The molecule has 1 aromatic carbocycles. The predicted octanol–water partition coefficient (Wildman–Crippen LogP) is 3.23. The summed E-state index contributed by atoms with van der Waals surface area (Å²) in [7, 11) is 0. The van der Waals surface area contributed by atoms with E-state index >= 15 is 0 Å². The van der Waals surface area contributed by atoms with E-state index in [9.17, 15) is 9.59 Å². The molecule has 1 aliphatic heterocycles. The lowest BCUT2D eigenvalue weighted by Crippen LogP contribution is -2.28. The van der Waals surface area contributed by atoms with Gasteiger partial charge in [-0.25, -0.2) is 9.97 Å². The van der Waals surface area contributed by atoms with E-state index in [1.54, 1.807) is 0 Å². The van der Waals surface area contributed by atoms with Gasteiger partial charge in [-0.2, -0.15) is 0 Å². The summed E-state index contributed by atoms with van der Waals surface area (Å²) in [5.41, 5.74) is 4.04. The van der Waals surface area contributed by atoms with Crippen molar-refractivity contribution in [2.45, 2.75) is 44.8 Å². The average Bonchev–Trinajstić information content (AvgIpc) is 2.71. The van der Waals surface area contributed by atoms with Crippen LogP contribution in [0.25, 0.3) is 11.0 Å². The smallest absolute Gasteiger partial charge is 0.261 e. The van der Waals surface area contributed by atoms with E-state index in [2.05, 4.69) is 26.3 Å². The molecule has 0 bridgehead atoms. The first-order chi connectivity index (χ1) is 14.4. The monoisotopic (exact) mass is 424 g/mol. The summed E-state index contributed by atoms with van der Waals surface area (Å²) in [5.74, 6) is 0.958. The molecule has 156 valence electrons. The Hall–Kier alpha value is -2.87. The van der Waals surface area contributed by atoms with Crippen molar-refractivity contribution in [2.75, 3.05) is 12.4 Å². The van der Waals surface area contributed by atoms with Crippen molar-refractivity contribution in [3.63, 3.8) is 0 Å². The number of fused-ring (bicyclic) bond motifs is 2. The Labute approximate surface area is 178 Å². The van der Waals surface area contributed by atoms with Crippen molar-refractivity contribution in [3.05, 3.63) is 57.0 Å². The van der Waals surface area contributed by atoms with Crippen molar-refractivity contribution in [2.24, 2.45) is 0 Å². The molecule has 3 heterocycles. The summed E-state index contributed by atoms with van der Waals surface area (Å²) in [6.07, 6.45) is 2.01. The zero-order valence-electron chi connectivity index (χ0n) is 17.2. The van der Waals surface area contributed by atoms with Gasteiger partial charge in [0.2, 0.25) is 5.91 Å². The number of benzene rings is 1. The normalized spacial score (nSPS) is 14.1. The van der Waals surface area contributed by atoms with Gasteiger partial charge in [0.15, 0.2) is 10.8 Å². The first kappa shape index (κ1) is 20.4. The third-order valence-corrected chi connectivity index (χ3v) is 6.00. The fourth-order valence-corrected chi connectivity index (χ4v) is 4.35. The molecule has 0 radical (unpaired) electrons. The van der Waals surface area contributed by atoms with E-state index in [-0.39, 0.29) is 23.3 Å². The molecule has 0 saturated heterocycles. The maximum Gasteiger partial charge on any atom is 0.261 e. The van der Waals surface area contributed by atoms with Gasteiger partial charge in [0.1, 0.15) is 5.75 Å². The summed E-state index contributed by atoms with van der Waals surface area (Å²) in [5, 5.41) is 3.88. The van der Waals surface area contributed by atoms with Crippen molar-refractivity contribution < 1.29 is 9.53 Å². The Kier molecular flexibility index (Phi) is 5.76. The molecule has 2 N–H and O–H groups in total. The third kappa shape index (κ3) is 4.33. The van der Waals surface area contributed by atoms with Crippen LogP contribution in [0.15, 0.2) is 34.2 Å². The summed E-state index contributed by atoms with van der Waals surface area (Å²) < 4.78 is 5.65. The number of hydrogen-bond acceptors (Lipinski definition) is 6. The molecule has 4 rings (SSSR count). The minimum atomic E-state index is -0.238. The van der Waals surface area contributed by atoms with Gasteiger partial charge in [0, 0.05) is 5.69 Å². The average molecular weight is 425 g/mol. The maximum atomic E-state index is 12.5. The zero-order chi connectivity index (χ0) is 21.3. The Morgan fingerprint density at radius 3 is 2.97 bits per heavy atom. The first-order valence-electron chi connectivity index (χ1n) is 9.97. The molecule has 0 fully saturated rings. The van der Waals surface area contributed by atoms with E-state index in [0.717, 1.165) is 42.0 Å². The van der Waals surface area contributed by atoms with Crippen LogP contribution < -0.4 is 15.6 Å². The summed E-state index contributed by atoms with van der Waals surface area (Å²) >= 11 is 1.19. The van der Waals surface area contributed by atoms with Crippen molar-refractivity contribution >= 4 is 28.7 Å². The Morgan fingerprint density at radius 2 is 2.13 bits per heavy atom. The third-order valence-electron chi connectivity index (χ3n) is 5.13. The lowest BCUT2D eigenvalue weighted by atomic mass is 10.00. The number of aromatic nitrogens is 3. The second-order valence-electron chi connectivity index (χ2n) is 7.55. The van der Waals surface area contributed by atoms with Crippen molar-refractivity contribution in [3.8, 4) is 5.75 Å². The molecule has 1 aliphatic rings. The molecular formula is C22H24N4O3S. The van der Waals surface area contributed by atoms with E-state index in [0.29, 0.717) is 16.2 Å². The standard InChI is InChI=1S/C22H24N4O3S/c1-12-9-13(2)23-20-19(12)21(28)26-22(25-20)30-11-18(27)24-14(3)15-6-7-17-16(10-15)5-4-8-29-17/h6-7,9-10,14H,4-5,8,11H2,1-3H3,(H,24,27)(H,23,25,26,28)/t14-/m1/s1. The number of amides is 1.